The number of urea groups is 1. The van der Waals surface area contributed by atoms with Crippen LogP contribution in [0.2, 0.25) is 0 Å². The molecule has 1 heterocycles. The molecule has 1 aliphatic rings. The minimum atomic E-state index is -0.163. The number of aromatic amines is 1. The maximum absolute atomic E-state index is 12.0. The zero-order chi connectivity index (χ0) is 15.4. The van der Waals surface area contributed by atoms with Crippen LogP contribution in [0.5, 0.6) is 0 Å². The van der Waals surface area contributed by atoms with Crippen LogP contribution in [-0.4, -0.2) is 28.8 Å². The number of aromatic nitrogens is 1. The fourth-order valence-corrected chi connectivity index (χ4v) is 3.24. The molecule has 22 heavy (non-hydrogen) atoms. The van der Waals surface area contributed by atoms with Crippen LogP contribution in [0, 0.1) is 5.92 Å². The molecule has 5 nitrogen and oxygen atoms in total. The van der Waals surface area contributed by atoms with Crippen molar-refractivity contribution in [3.63, 3.8) is 0 Å². The van der Waals surface area contributed by atoms with Gasteiger partial charge < -0.3 is 20.7 Å². The Bertz CT molecular complexity index is 605. The van der Waals surface area contributed by atoms with Gasteiger partial charge in [0.2, 0.25) is 0 Å². The Balaban J connectivity index is 1.53. The van der Waals surface area contributed by atoms with Crippen LogP contribution in [0.1, 0.15) is 31.4 Å². The number of hydrogen-bond acceptors (Lipinski definition) is 2. The van der Waals surface area contributed by atoms with Gasteiger partial charge in [0.05, 0.1) is 6.54 Å². The van der Waals surface area contributed by atoms with Gasteiger partial charge >= 0.3 is 6.03 Å². The monoisotopic (exact) mass is 301 g/mol. The van der Waals surface area contributed by atoms with Crippen molar-refractivity contribution in [2.45, 2.75) is 38.3 Å². The van der Waals surface area contributed by atoms with Gasteiger partial charge in [-0.15, -0.1) is 0 Å². The summed E-state index contributed by atoms with van der Waals surface area (Å²) < 4.78 is 0. The molecule has 0 bridgehead atoms. The van der Waals surface area contributed by atoms with E-state index in [2.05, 4.69) is 15.6 Å². The number of hydrogen-bond donors (Lipinski definition) is 4. The highest BCUT2D eigenvalue weighted by Gasteiger charge is 2.25. The van der Waals surface area contributed by atoms with E-state index in [1.807, 2.05) is 30.3 Å². The van der Waals surface area contributed by atoms with Gasteiger partial charge in [0.15, 0.2) is 0 Å². The standard InChI is InChI=1S/C17H23N3O2/c21-11-13-6-2-4-8-16(13)20-17(22)18-10-14-9-12-5-1-3-7-15(12)19-14/h1,3,5,7,9,13,16,19,21H,2,4,6,8,10-11H2,(H2,18,20,22). The van der Waals surface area contributed by atoms with Crippen molar-refractivity contribution in [3.05, 3.63) is 36.0 Å². The summed E-state index contributed by atoms with van der Waals surface area (Å²) in [7, 11) is 0. The maximum Gasteiger partial charge on any atom is 0.315 e. The Morgan fingerprint density at radius 2 is 2.09 bits per heavy atom. The normalized spacial score (nSPS) is 21.7. The van der Waals surface area contributed by atoms with E-state index in [-0.39, 0.29) is 24.6 Å². The van der Waals surface area contributed by atoms with Crippen LogP contribution in [0.15, 0.2) is 30.3 Å². The van der Waals surface area contributed by atoms with Crippen LogP contribution >= 0.6 is 0 Å². The third-order valence-corrected chi connectivity index (χ3v) is 4.49. The molecule has 4 N–H and O–H groups in total. The van der Waals surface area contributed by atoms with Crippen molar-refractivity contribution in [2.24, 2.45) is 5.92 Å². The first-order valence-corrected chi connectivity index (χ1v) is 7.98. The van der Waals surface area contributed by atoms with E-state index in [1.165, 1.54) is 0 Å². The molecule has 5 heteroatoms. The molecular formula is C17H23N3O2. The van der Waals surface area contributed by atoms with E-state index in [1.54, 1.807) is 0 Å². The summed E-state index contributed by atoms with van der Waals surface area (Å²) in [6.07, 6.45) is 4.19. The third-order valence-electron chi connectivity index (χ3n) is 4.49. The zero-order valence-electron chi connectivity index (χ0n) is 12.6. The number of aliphatic hydroxyl groups is 1. The first kappa shape index (κ1) is 14.9. The molecule has 0 spiro atoms. The average molecular weight is 301 g/mol. The smallest absolute Gasteiger partial charge is 0.315 e. The molecule has 2 amide bonds. The van der Waals surface area contributed by atoms with E-state index in [0.717, 1.165) is 42.3 Å². The second-order valence-electron chi connectivity index (χ2n) is 6.04. The van der Waals surface area contributed by atoms with Crippen molar-refractivity contribution in [2.75, 3.05) is 6.61 Å². The van der Waals surface area contributed by atoms with Crippen LogP contribution in [0.4, 0.5) is 4.79 Å². The van der Waals surface area contributed by atoms with Crippen molar-refractivity contribution in [3.8, 4) is 0 Å². The molecule has 0 radical (unpaired) electrons. The molecule has 1 saturated carbocycles. The van der Waals surface area contributed by atoms with E-state index in [4.69, 9.17) is 0 Å². The highest BCUT2D eigenvalue weighted by Crippen LogP contribution is 2.23. The highest BCUT2D eigenvalue weighted by atomic mass is 16.3. The number of amides is 2. The number of rotatable bonds is 4. The summed E-state index contributed by atoms with van der Waals surface area (Å²) >= 11 is 0. The summed E-state index contributed by atoms with van der Waals surface area (Å²) in [4.78, 5) is 15.3. The number of para-hydroxylation sites is 1. The molecule has 1 aromatic heterocycles. The predicted octanol–water partition coefficient (Wildman–Crippen LogP) is 2.52. The molecular weight excluding hydrogens is 278 g/mol. The third kappa shape index (κ3) is 3.42. The van der Waals surface area contributed by atoms with Gasteiger partial charge in [-0.25, -0.2) is 4.79 Å². The van der Waals surface area contributed by atoms with Crippen LogP contribution in [0.3, 0.4) is 0 Å². The van der Waals surface area contributed by atoms with E-state index < -0.39 is 0 Å². The lowest BCUT2D eigenvalue weighted by Crippen LogP contribution is -2.47. The fraction of sp³-hybridized carbons (Fsp3) is 0.471. The van der Waals surface area contributed by atoms with Crippen molar-refractivity contribution in [1.82, 2.24) is 15.6 Å². The van der Waals surface area contributed by atoms with Gasteiger partial charge in [-0.3, -0.25) is 0 Å². The number of aliphatic hydroxyl groups excluding tert-OH is 1. The second kappa shape index (κ2) is 6.83. The van der Waals surface area contributed by atoms with Gasteiger partial charge in [-0.1, -0.05) is 31.0 Å². The van der Waals surface area contributed by atoms with Crippen LogP contribution in [-0.2, 0) is 6.54 Å². The lowest BCUT2D eigenvalue weighted by atomic mass is 9.85. The Morgan fingerprint density at radius 3 is 2.91 bits per heavy atom. The van der Waals surface area contributed by atoms with Crippen molar-refractivity contribution < 1.29 is 9.90 Å². The minimum absolute atomic E-state index is 0.0847. The van der Waals surface area contributed by atoms with Gasteiger partial charge in [0.1, 0.15) is 0 Å². The van der Waals surface area contributed by atoms with E-state index in [0.29, 0.717) is 6.54 Å². The van der Waals surface area contributed by atoms with E-state index >= 15 is 0 Å². The number of nitrogens with one attached hydrogen (secondary N) is 3. The number of H-pyrrole nitrogens is 1. The number of carbonyl (C=O) groups is 1. The average Bonchev–Trinajstić information content (AvgIpc) is 2.96. The largest absolute Gasteiger partial charge is 0.396 e. The number of benzene rings is 1. The van der Waals surface area contributed by atoms with Gasteiger partial charge in [0.25, 0.3) is 0 Å². The number of fused-ring (bicyclic) bond motifs is 1. The SMILES string of the molecule is O=C(NCc1cc2ccccc2[nH]1)NC1CCCCC1CO. The summed E-state index contributed by atoms with van der Waals surface area (Å²) in [5.41, 5.74) is 2.06. The van der Waals surface area contributed by atoms with Crippen molar-refractivity contribution >= 4 is 16.9 Å². The predicted molar refractivity (Wildman–Crippen MR) is 86.5 cm³/mol. The van der Waals surface area contributed by atoms with Crippen molar-refractivity contribution in [1.29, 1.82) is 0 Å². The topological polar surface area (TPSA) is 77.2 Å². The van der Waals surface area contributed by atoms with Gasteiger partial charge in [0, 0.05) is 29.8 Å². The Kier molecular flexibility index (Phi) is 4.63. The highest BCUT2D eigenvalue weighted by molar-refractivity contribution is 5.80. The minimum Gasteiger partial charge on any atom is -0.396 e. The second-order valence-corrected chi connectivity index (χ2v) is 6.04. The molecule has 3 rings (SSSR count). The Labute approximate surface area is 130 Å². The number of carbonyl (C=O) groups excluding carboxylic acids is 1. The molecule has 0 saturated heterocycles. The summed E-state index contributed by atoms with van der Waals surface area (Å²) in [5.74, 6) is 0.188. The molecule has 1 aromatic carbocycles. The van der Waals surface area contributed by atoms with Gasteiger partial charge in [-0.05, 0) is 30.4 Å². The first-order chi connectivity index (χ1) is 10.8. The van der Waals surface area contributed by atoms with Crippen LogP contribution < -0.4 is 10.6 Å². The lowest BCUT2D eigenvalue weighted by Gasteiger charge is -2.30. The molecule has 2 aromatic rings. The fourth-order valence-electron chi connectivity index (χ4n) is 3.24. The van der Waals surface area contributed by atoms with Gasteiger partial charge in [-0.2, -0.15) is 0 Å². The molecule has 2 atom stereocenters. The summed E-state index contributed by atoms with van der Waals surface area (Å²) in [6.45, 7) is 0.615. The molecule has 1 aliphatic carbocycles. The molecule has 118 valence electrons. The van der Waals surface area contributed by atoms with Crippen LogP contribution in [0.25, 0.3) is 10.9 Å². The zero-order valence-corrected chi connectivity index (χ0v) is 12.6. The molecule has 2 unspecified atom stereocenters. The summed E-state index contributed by atoms with van der Waals surface area (Å²) in [5, 5.41) is 16.4. The lowest BCUT2D eigenvalue weighted by molar-refractivity contribution is 0.153. The summed E-state index contributed by atoms with van der Waals surface area (Å²) in [6, 6.07) is 10.0. The Hall–Kier alpha value is -2.01. The maximum atomic E-state index is 12.0. The first-order valence-electron chi connectivity index (χ1n) is 7.98. The van der Waals surface area contributed by atoms with E-state index in [9.17, 15) is 9.90 Å². The molecule has 0 aliphatic heterocycles. The quantitative estimate of drug-likeness (QED) is 0.700. The Morgan fingerprint density at radius 1 is 1.27 bits per heavy atom. The molecule has 1 fully saturated rings.